The Kier molecular flexibility index (Phi) is 4.76. The van der Waals surface area contributed by atoms with Crippen molar-refractivity contribution in [2.75, 3.05) is 43.4 Å². The number of para-hydroxylation sites is 1. The molecule has 2 N–H and O–H groups in total. The van der Waals surface area contributed by atoms with Crippen LogP contribution in [0.1, 0.15) is 17.7 Å². The highest BCUT2D eigenvalue weighted by Crippen LogP contribution is 2.32. The summed E-state index contributed by atoms with van der Waals surface area (Å²) in [6.45, 7) is 4.29. The summed E-state index contributed by atoms with van der Waals surface area (Å²) in [5.74, 6) is 0.160. The number of carbonyl (C=O) groups is 1. The summed E-state index contributed by atoms with van der Waals surface area (Å²) in [5, 5.41) is 4.40. The number of rotatable bonds is 3. The molecule has 29 heavy (non-hydrogen) atoms. The van der Waals surface area contributed by atoms with Crippen LogP contribution in [0.15, 0.2) is 48.5 Å². The van der Waals surface area contributed by atoms with Gasteiger partial charge in [0.25, 0.3) is 0 Å². The third kappa shape index (κ3) is 3.62. The molecule has 1 aliphatic heterocycles. The number of amides is 1. The van der Waals surface area contributed by atoms with Crippen molar-refractivity contribution in [3.05, 3.63) is 59.8 Å². The molecule has 1 amide bonds. The van der Waals surface area contributed by atoms with E-state index in [1.54, 1.807) is 0 Å². The quantitative estimate of drug-likeness (QED) is 0.720. The third-order valence-electron chi connectivity index (χ3n) is 6.47. The number of hydrogen-bond acceptors (Lipinski definition) is 3. The van der Waals surface area contributed by atoms with E-state index in [4.69, 9.17) is 0 Å². The van der Waals surface area contributed by atoms with Gasteiger partial charge in [-0.1, -0.05) is 18.2 Å². The smallest absolute Gasteiger partial charge is 0.227 e. The molecule has 150 valence electrons. The van der Waals surface area contributed by atoms with Crippen molar-refractivity contribution in [2.45, 2.75) is 19.3 Å². The maximum Gasteiger partial charge on any atom is 0.227 e. The predicted octanol–water partition coefficient (Wildman–Crippen LogP) is 3.66. The van der Waals surface area contributed by atoms with Crippen LogP contribution < -0.4 is 10.2 Å². The lowest BCUT2D eigenvalue weighted by Gasteiger charge is -2.34. The van der Waals surface area contributed by atoms with E-state index in [9.17, 15) is 4.79 Å². The van der Waals surface area contributed by atoms with E-state index in [2.05, 4.69) is 63.5 Å². The summed E-state index contributed by atoms with van der Waals surface area (Å²) >= 11 is 0. The molecule has 5 nitrogen and oxygen atoms in total. The Bertz CT molecular complexity index is 1020. The number of aryl methyl sites for hydroxylation is 1. The van der Waals surface area contributed by atoms with Crippen LogP contribution in [0, 0.1) is 5.92 Å². The Hall–Kier alpha value is -2.79. The number of hydrogen-bond donors (Lipinski definition) is 2. The SMILES string of the molecule is CN1CCN(c2ccc(NC(=O)C3CCc4[nH]c5ccccc5c4C3)cc2)CC1. The number of fused-ring (bicyclic) bond motifs is 3. The molecule has 5 heteroatoms. The van der Waals surface area contributed by atoms with Crippen molar-refractivity contribution in [1.82, 2.24) is 9.88 Å². The topological polar surface area (TPSA) is 51.4 Å². The number of anilines is 2. The number of aromatic amines is 1. The van der Waals surface area contributed by atoms with Gasteiger partial charge in [0, 0.05) is 60.1 Å². The summed E-state index contributed by atoms with van der Waals surface area (Å²) < 4.78 is 0. The van der Waals surface area contributed by atoms with Gasteiger partial charge < -0.3 is 20.1 Å². The summed E-state index contributed by atoms with van der Waals surface area (Å²) in [4.78, 5) is 21.2. The second kappa shape index (κ2) is 7.56. The summed E-state index contributed by atoms with van der Waals surface area (Å²) in [7, 11) is 2.17. The van der Waals surface area contributed by atoms with Gasteiger partial charge in [-0.15, -0.1) is 0 Å². The molecular formula is C24H28N4O. The lowest BCUT2D eigenvalue weighted by Crippen LogP contribution is -2.44. The Balaban J connectivity index is 1.25. The van der Waals surface area contributed by atoms with Crippen LogP contribution in [0.25, 0.3) is 10.9 Å². The van der Waals surface area contributed by atoms with E-state index in [1.165, 1.54) is 27.8 Å². The average molecular weight is 389 g/mol. The Morgan fingerprint density at radius 3 is 2.59 bits per heavy atom. The Labute approximate surface area is 171 Å². The van der Waals surface area contributed by atoms with Crippen molar-refractivity contribution in [3.63, 3.8) is 0 Å². The first-order valence-corrected chi connectivity index (χ1v) is 10.6. The highest BCUT2D eigenvalue weighted by atomic mass is 16.1. The molecule has 1 atom stereocenters. The number of aromatic nitrogens is 1. The highest BCUT2D eigenvalue weighted by molar-refractivity contribution is 5.94. The molecule has 0 saturated carbocycles. The molecule has 3 aromatic rings. The van der Waals surface area contributed by atoms with Gasteiger partial charge in [0.2, 0.25) is 5.91 Å². The lowest BCUT2D eigenvalue weighted by molar-refractivity contribution is -0.120. The zero-order chi connectivity index (χ0) is 19.8. The number of piperazine rings is 1. The third-order valence-corrected chi connectivity index (χ3v) is 6.47. The summed E-state index contributed by atoms with van der Waals surface area (Å²) in [6.07, 6.45) is 2.64. The minimum atomic E-state index is 0.0269. The lowest BCUT2D eigenvalue weighted by atomic mass is 9.86. The van der Waals surface area contributed by atoms with Gasteiger partial charge in [-0.3, -0.25) is 4.79 Å². The maximum absolute atomic E-state index is 12.9. The fourth-order valence-corrected chi connectivity index (χ4v) is 4.66. The number of likely N-dealkylation sites (N-methyl/N-ethyl adjacent to an activating group) is 1. The predicted molar refractivity (Wildman–Crippen MR) is 119 cm³/mol. The largest absolute Gasteiger partial charge is 0.369 e. The second-order valence-electron chi connectivity index (χ2n) is 8.39. The standard InChI is InChI=1S/C24H28N4O/c1-27-12-14-28(15-13-27)19-9-7-18(8-10-19)25-24(29)17-6-11-23-21(16-17)20-4-2-3-5-22(20)26-23/h2-5,7-10,17,26H,6,11-16H2,1H3,(H,25,29). The van der Waals surface area contributed by atoms with E-state index in [-0.39, 0.29) is 11.8 Å². The molecule has 1 saturated heterocycles. The first kappa shape index (κ1) is 18.3. The van der Waals surface area contributed by atoms with Crippen LogP contribution in [0.4, 0.5) is 11.4 Å². The normalized spacial score (nSPS) is 19.9. The number of carbonyl (C=O) groups excluding carboxylic acids is 1. The van der Waals surface area contributed by atoms with Crippen LogP contribution >= 0.6 is 0 Å². The van der Waals surface area contributed by atoms with E-state index >= 15 is 0 Å². The Morgan fingerprint density at radius 2 is 1.79 bits per heavy atom. The summed E-state index contributed by atoms with van der Waals surface area (Å²) in [5.41, 5.74) is 5.91. The first-order valence-electron chi connectivity index (χ1n) is 10.6. The van der Waals surface area contributed by atoms with Gasteiger partial charge in [0.05, 0.1) is 0 Å². The van der Waals surface area contributed by atoms with Crippen molar-refractivity contribution >= 4 is 28.2 Å². The maximum atomic E-state index is 12.9. The fraction of sp³-hybridized carbons (Fsp3) is 0.375. The minimum absolute atomic E-state index is 0.0269. The minimum Gasteiger partial charge on any atom is -0.369 e. The summed E-state index contributed by atoms with van der Waals surface area (Å²) in [6, 6.07) is 16.7. The Morgan fingerprint density at radius 1 is 1.03 bits per heavy atom. The van der Waals surface area contributed by atoms with Crippen molar-refractivity contribution in [2.24, 2.45) is 5.92 Å². The monoisotopic (exact) mass is 388 g/mol. The highest BCUT2D eigenvalue weighted by Gasteiger charge is 2.27. The van der Waals surface area contributed by atoms with Crippen LogP contribution in [-0.4, -0.2) is 49.0 Å². The van der Waals surface area contributed by atoms with E-state index in [1.807, 2.05) is 12.1 Å². The van der Waals surface area contributed by atoms with Crippen LogP contribution in [0.5, 0.6) is 0 Å². The molecule has 0 spiro atoms. The molecule has 0 radical (unpaired) electrons. The first-order chi connectivity index (χ1) is 14.2. The molecule has 2 aliphatic rings. The molecule has 5 rings (SSSR count). The molecule has 0 bridgehead atoms. The van der Waals surface area contributed by atoms with Crippen LogP contribution in [0.2, 0.25) is 0 Å². The fourth-order valence-electron chi connectivity index (χ4n) is 4.66. The molecule has 1 fully saturated rings. The number of benzene rings is 2. The molecule has 1 unspecified atom stereocenters. The van der Waals surface area contributed by atoms with Crippen LogP contribution in [-0.2, 0) is 17.6 Å². The number of nitrogens with zero attached hydrogens (tertiary/aromatic N) is 2. The average Bonchev–Trinajstić information content (AvgIpc) is 3.13. The molecule has 1 aromatic heterocycles. The van der Waals surface area contributed by atoms with Crippen LogP contribution in [0.3, 0.4) is 0 Å². The zero-order valence-electron chi connectivity index (χ0n) is 16.9. The van der Waals surface area contributed by atoms with Gasteiger partial charge in [0.1, 0.15) is 0 Å². The van der Waals surface area contributed by atoms with Gasteiger partial charge in [-0.2, -0.15) is 0 Å². The molecule has 1 aliphatic carbocycles. The van der Waals surface area contributed by atoms with Crippen molar-refractivity contribution in [3.8, 4) is 0 Å². The van der Waals surface area contributed by atoms with Gasteiger partial charge in [-0.25, -0.2) is 0 Å². The molecular weight excluding hydrogens is 360 g/mol. The van der Waals surface area contributed by atoms with Gasteiger partial charge >= 0.3 is 0 Å². The van der Waals surface area contributed by atoms with E-state index in [0.29, 0.717) is 0 Å². The second-order valence-corrected chi connectivity index (χ2v) is 8.39. The van der Waals surface area contributed by atoms with Gasteiger partial charge in [-0.05, 0) is 62.2 Å². The van der Waals surface area contributed by atoms with E-state index in [0.717, 1.165) is 51.1 Å². The number of nitrogens with one attached hydrogen (secondary N) is 2. The van der Waals surface area contributed by atoms with Gasteiger partial charge in [0.15, 0.2) is 0 Å². The molecule has 2 heterocycles. The van der Waals surface area contributed by atoms with E-state index < -0.39 is 0 Å². The zero-order valence-corrected chi connectivity index (χ0v) is 16.9. The van der Waals surface area contributed by atoms with Crippen molar-refractivity contribution < 1.29 is 4.79 Å². The number of H-pyrrole nitrogens is 1. The van der Waals surface area contributed by atoms with Crippen molar-refractivity contribution in [1.29, 1.82) is 0 Å². The molecule has 2 aromatic carbocycles.